The van der Waals surface area contributed by atoms with E-state index in [0.717, 1.165) is 31.6 Å². The van der Waals surface area contributed by atoms with E-state index in [9.17, 15) is 4.79 Å². The lowest BCUT2D eigenvalue weighted by atomic mass is 10.3. The minimum atomic E-state index is 0.180. The van der Waals surface area contributed by atoms with Gasteiger partial charge in [-0.2, -0.15) is 0 Å². The second-order valence-electron chi connectivity index (χ2n) is 4.65. The van der Waals surface area contributed by atoms with Gasteiger partial charge >= 0.3 is 0 Å². The molecule has 1 rings (SSSR count). The van der Waals surface area contributed by atoms with Gasteiger partial charge in [-0.1, -0.05) is 12.2 Å². The van der Waals surface area contributed by atoms with Crippen molar-refractivity contribution in [3.05, 3.63) is 12.2 Å². The van der Waals surface area contributed by atoms with E-state index in [1.165, 1.54) is 0 Å². The predicted octanol–water partition coefficient (Wildman–Crippen LogP) is 0.444. The predicted molar refractivity (Wildman–Crippen MR) is 66.1 cm³/mol. The van der Waals surface area contributed by atoms with Crippen molar-refractivity contribution in [3.8, 4) is 0 Å². The molecule has 16 heavy (non-hydrogen) atoms. The normalized spacial score (nSPS) is 21.1. The van der Waals surface area contributed by atoms with Gasteiger partial charge in [0.2, 0.25) is 5.91 Å². The zero-order chi connectivity index (χ0) is 12.1. The molecule has 1 amide bonds. The van der Waals surface area contributed by atoms with E-state index in [2.05, 4.69) is 11.5 Å². The van der Waals surface area contributed by atoms with E-state index in [-0.39, 0.29) is 11.9 Å². The minimum Gasteiger partial charge on any atom is -0.338 e. The Balaban J connectivity index is 2.40. The number of hydrogen-bond donors (Lipinski definition) is 1. The summed E-state index contributed by atoms with van der Waals surface area (Å²) in [7, 11) is 0. The third kappa shape index (κ3) is 3.94. The van der Waals surface area contributed by atoms with E-state index in [1.807, 2.05) is 18.7 Å². The molecule has 1 heterocycles. The lowest BCUT2D eigenvalue weighted by Gasteiger charge is -2.24. The largest absolute Gasteiger partial charge is 0.338 e. The lowest BCUT2D eigenvalue weighted by molar-refractivity contribution is -0.131. The maximum Gasteiger partial charge on any atom is 0.237 e. The quantitative estimate of drug-likeness (QED) is 0.691. The average molecular weight is 225 g/mol. The number of amides is 1. The van der Waals surface area contributed by atoms with Crippen LogP contribution in [0, 0.1) is 0 Å². The molecule has 1 fully saturated rings. The standard InChI is InChI=1S/C12H23N3O/c1-4-15(7-10(2)3)12(16)9-14-6-5-11(13)8-14/h11H,2,4-9,13H2,1,3H3/t11-/m0/s1. The van der Waals surface area contributed by atoms with Crippen LogP contribution >= 0.6 is 0 Å². The van der Waals surface area contributed by atoms with Gasteiger partial charge in [0, 0.05) is 32.2 Å². The molecule has 2 N–H and O–H groups in total. The van der Waals surface area contributed by atoms with Crippen molar-refractivity contribution in [1.82, 2.24) is 9.80 Å². The first-order valence-corrected chi connectivity index (χ1v) is 5.93. The number of likely N-dealkylation sites (tertiary alicyclic amines) is 1. The summed E-state index contributed by atoms with van der Waals surface area (Å²) in [5.41, 5.74) is 6.83. The summed E-state index contributed by atoms with van der Waals surface area (Å²) in [4.78, 5) is 15.9. The average Bonchev–Trinajstić information content (AvgIpc) is 2.60. The maximum absolute atomic E-state index is 12.0. The Kier molecular flexibility index (Phi) is 4.96. The number of likely N-dealkylation sites (N-methyl/N-ethyl adjacent to an activating group) is 1. The van der Waals surface area contributed by atoms with Gasteiger partial charge in [-0.05, 0) is 20.3 Å². The highest BCUT2D eigenvalue weighted by Gasteiger charge is 2.22. The summed E-state index contributed by atoms with van der Waals surface area (Å²) in [6.07, 6.45) is 1.000. The molecule has 0 aromatic carbocycles. The van der Waals surface area contributed by atoms with Crippen LogP contribution in [0.1, 0.15) is 20.3 Å². The molecule has 92 valence electrons. The van der Waals surface area contributed by atoms with Crippen molar-refractivity contribution in [3.63, 3.8) is 0 Å². The highest BCUT2D eigenvalue weighted by molar-refractivity contribution is 5.78. The fraction of sp³-hybridized carbons (Fsp3) is 0.750. The Morgan fingerprint density at radius 2 is 2.31 bits per heavy atom. The van der Waals surface area contributed by atoms with Crippen molar-refractivity contribution in [2.75, 3.05) is 32.7 Å². The number of hydrogen-bond acceptors (Lipinski definition) is 3. The summed E-state index contributed by atoms with van der Waals surface area (Å²) >= 11 is 0. The van der Waals surface area contributed by atoms with Crippen molar-refractivity contribution < 1.29 is 4.79 Å². The highest BCUT2D eigenvalue weighted by atomic mass is 16.2. The third-order valence-electron chi connectivity index (χ3n) is 2.86. The van der Waals surface area contributed by atoms with Crippen LogP contribution in [0.5, 0.6) is 0 Å². The van der Waals surface area contributed by atoms with Gasteiger partial charge in [0.15, 0.2) is 0 Å². The fourth-order valence-corrected chi connectivity index (χ4v) is 2.00. The smallest absolute Gasteiger partial charge is 0.237 e. The van der Waals surface area contributed by atoms with Crippen molar-refractivity contribution >= 4 is 5.91 Å². The maximum atomic E-state index is 12.0. The second-order valence-corrected chi connectivity index (χ2v) is 4.65. The van der Waals surface area contributed by atoms with Crippen LogP contribution in [0.3, 0.4) is 0 Å². The van der Waals surface area contributed by atoms with Crippen LogP contribution in [0.4, 0.5) is 0 Å². The van der Waals surface area contributed by atoms with E-state index in [4.69, 9.17) is 5.73 Å². The number of carbonyl (C=O) groups excluding carboxylic acids is 1. The summed E-state index contributed by atoms with van der Waals surface area (Å²) in [5, 5.41) is 0. The van der Waals surface area contributed by atoms with Gasteiger partial charge in [0.25, 0.3) is 0 Å². The molecule has 1 saturated heterocycles. The number of carbonyl (C=O) groups is 1. The first kappa shape index (κ1) is 13.2. The van der Waals surface area contributed by atoms with Crippen molar-refractivity contribution in [2.45, 2.75) is 26.3 Å². The monoisotopic (exact) mass is 225 g/mol. The Bertz CT molecular complexity index is 265. The zero-order valence-corrected chi connectivity index (χ0v) is 10.4. The Hall–Kier alpha value is -0.870. The van der Waals surface area contributed by atoms with Gasteiger partial charge in [-0.25, -0.2) is 0 Å². The topological polar surface area (TPSA) is 49.6 Å². The van der Waals surface area contributed by atoms with Gasteiger partial charge in [0.1, 0.15) is 0 Å². The van der Waals surface area contributed by atoms with Gasteiger partial charge in [-0.3, -0.25) is 9.69 Å². The first-order chi connectivity index (χ1) is 7.52. The van der Waals surface area contributed by atoms with Crippen molar-refractivity contribution in [1.29, 1.82) is 0 Å². The Morgan fingerprint density at radius 1 is 1.62 bits per heavy atom. The van der Waals surface area contributed by atoms with E-state index < -0.39 is 0 Å². The molecule has 0 aromatic heterocycles. The van der Waals surface area contributed by atoms with E-state index in [0.29, 0.717) is 13.1 Å². The molecule has 0 aromatic rings. The summed E-state index contributed by atoms with van der Waals surface area (Å²) in [6.45, 7) is 11.5. The molecule has 0 saturated carbocycles. The van der Waals surface area contributed by atoms with E-state index in [1.54, 1.807) is 0 Å². The molecule has 0 spiro atoms. The van der Waals surface area contributed by atoms with E-state index >= 15 is 0 Å². The fourth-order valence-electron chi connectivity index (χ4n) is 2.00. The van der Waals surface area contributed by atoms with Gasteiger partial charge < -0.3 is 10.6 Å². The van der Waals surface area contributed by atoms with Crippen LogP contribution < -0.4 is 5.73 Å². The molecule has 0 aliphatic carbocycles. The molecule has 1 aliphatic rings. The molecule has 1 atom stereocenters. The summed E-state index contributed by atoms with van der Waals surface area (Å²) < 4.78 is 0. The molecule has 0 bridgehead atoms. The van der Waals surface area contributed by atoms with Crippen LogP contribution in [0.2, 0.25) is 0 Å². The Labute approximate surface area is 98.1 Å². The molecule has 4 nitrogen and oxygen atoms in total. The molecule has 0 unspecified atom stereocenters. The molecular weight excluding hydrogens is 202 g/mol. The number of nitrogens with zero attached hydrogens (tertiary/aromatic N) is 2. The molecule has 1 aliphatic heterocycles. The Morgan fingerprint density at radius 3 is 2.75 bits per heavy atom. The molecule has 0 radical (unpaired) electrons. The van der Waals surface area contributed by atoms with Gasteiger partial charge in [0.05, 0.1) is 6.54 Å². The number of rotatable bonds is 5. The van der Waals surface area contributed by atoms with Crippen LogP contribution in [0.25, 0.3) is 0 Å². The SMILES string of the molecule is C=C(C)CN(CC)C(=O)CN1CC[C@H](N)C1. The number of nitrogens with two attached hydrogens (primary N) is 1. The highest BCUT2D eigenvalue weighted by Crippen LogP contribution is 2.07. The third-order valence-corrected chi connectivity index (χ3v) is 2.86. The lowest BCUT2D eigenvalue weighted by Crippen LogP contribution is -2.40. The summed E-state index contributed by atoms with van der Waals surface area (Å²) in [5.74, 6) is 0.180. The van der Waals surface area contributed by atoms with Crippen LogP contribution in [-0.2, 0) is 4.79 Å². The van der Waals surface area contributed by atoms with Gasteiger partial charge in [-0.15, -0.1) is 0 Å². The first-order valence-electron chi connectivity index (χ1n) is 5.93. The zero-order valence-electron chi connectivity index (χ0n) is 10.4. The minimum absolute atomic E-state index is 0.180. The summed E-state index contributed by atoms with van der Waals surface area (Å²) in [6, 6.07) is 0.240. The molecule has 4 heteroatoms. The van der Waals surface area contributed by atoms with Crippen molar-refractivity contribution in [2.24, 2.45) is 5.73 Å². The second kappa shape index (κ2) is 6.01. The van der Waals surface area contributed by atoms with Crippen LogP contribution in [0.15, 0.2) is 12.2 Å². The van der Waals surface area contributed by atoms with Crippen LogP contribution in [-0.4, -0.2) is 54.5 Å². The molecular formula is C12H23N3O.